The van der Waals surface area contributed by atoms with Crippen LogP contribution in [0, 0.1) is 5.82 Å². The summed E-state index contributed by atoms with van der Waals surface area (Å²) >= 11 is 5.99. The van der Waals surface area contributed by atoms with Crippen LogP contribution in [0.4, 0.5) is 4.39 Å². The third-order valence-electron chi connectivity index (χ3n) is 2.91. The SMILES string of the molecule is COC(=O)c1ccc(-c2ccc(C(=O)O)c(F)c2)cc1Cl. The second-order valence-electron chi connectivity index (χ2n) is 4.19. The van der Waals surface area contributed by atoms with E-state index < -0.39 is 23.3 Å². The van der Waals surface area contributed by atoms with Gasteiger partial charge in [-0.1, -0.05) is 23.7 Å². The molecule has 0 fully saturated rings. The van der Waals surface area contributed by atoms with E-state index in [0.717, 1.165) is 6.07 Å². The molecule has 0 heterocycles. The first-order chi connectivity index (χ1) is 9.93. The van der Waals surface area contributed by atoms with Crippen LogP contribution in [-0.2, 0) is 4.74 Å². The molecule has 0 saturated carbocycles. The molecule has 2 aromatic carbocycles. The number of halogens is 2. The summed E-state index contributed by atoms with van der Waals surface area (Å²) in [7, 11) is 1.24. The van der Waals surface area contributed by atoms with E-state index in [1.165, 1.54) is 31.4 Å². The fourth-order valence-corrected chi connectivity index (χ4v) is 2.10. The number of hydrogen-bond donors (Lipinski definition) is 1. The third-order valence-corrected chi connectivity index (χ3v) is 3.22. The molecule has 0 atom stereocenters. The van der Waals surface area contributed by atoms with Gasteiger partial charge in [-0.15, -0.1) is 0 Å². The Morgan fingerprint density at radius 3 is 2.14 bits per heavy atom. The van der Waals surface area contributed by atoms with Gasteiger partial charge in [0, 0.05) is 0 Å². The van der Waals surface area contributed by atoms with Gasteiger partial charge in [-0.2, -0.15) is 0 Å². The van der Waals surface area contributed by atoms with Crippen LogP contribution in [0.3, 0.4) is 0 Å². The van der Waals surface area contributed by atoms with Crippen molar-refractivity contribution in [2.75, 3.05) is 7.11 Å². The Balaban J connectivity index is 2.44. The Kier molecular flexibility index (Phi) is 4.23. The molecule has 2 aromatic rings. The van der Waals surface area contributed by atoms with E-state index in [-0.39, 0.29) is 10.6 Å². The zero-order valence-corrected chi connectivity index (χ0v) is 11.6. The third kappa shape index (κ3) is 3.03. The number of benzene rings is 2. The maximum atomic E-state index is 13.7. The van der Waals surface area contributed by atoms with Crippen LogP contribution in [0.25, 0.3) is 11.1 Å². The van der Waals surface area contributed by atoms with Crippen LogP contribution in [0.2, 0.25) is 5.02 Å². The van der Waals surface area contributed by atoms with Gasteiger partial charge in [0.15, 0.2) is 0 Å². The monoisotopic (exact) mass is 308 g/mol. The lowest BCUT2D eigenvalue weighted by molar-refractivity contribution is 0.0600. The first-order valence-corrected chi connectivity index (χ1v) is 6.23. The zero-order chi connectivity index (χ0) is 15.6. The van der Waals surface area contributed by atoms with E-state index in [2.05, 4.69) is 4.74 Å². The highest BCUT2D eigenvalue weighted by molar-refractivity contribution is 6.33. The van der Waals surface area contributed by atoms with E-state index in [1.54, 1.807) is 6.07 Å². The molecule has 0 spiro atoms. The van der Waals surface area contributed by atoms with E-state index in [0.29, 0.717) is 11.1 Å². The number of esters is 1. The fraction of sp³-hybridized carbons (Fsp3) is 0.0667. The topological polar surface area (TPSA) is 63.6 Å². The summed E-state index contributed by atoms with van der Waals surface area (Å²) in [5, 5.41) is 8.95. The second kappa shape index (κ2) is 5.93. The number of carbonyl (C=O) groups is 2. The predicted octanol–water partition coefficient (Wildman–Crippen LogP) is 3.63. The van der Waals surface area contributed by atoms with Crippen molar-refractivity contribution in [3.63, 3.8) is 0 Å². The molecule has 0 bridgehead atoms. The molecule has 0 aliphatic heterocycles. The highest BCUT2D eigenvalue weighted by Gasteiger charge is 2.14. The summed E-state index contributed by atoms with van der Waals surface area (Å²) in [5.41, 5.74) is 0.806. The van der Waals surface area contributed by atoms with Gasteiger partial charge in [-0.05, 0) is 35.4 Å². The molecule has 4 nitrogen and oxygen atoms in total. The van der Waals surface area contributed by atoms with Gasteiger partial charge in [0.05, 0.1) is 23.3 Å². The highest BCUT2D eigenvalue weighted by Crippen LogP contribution is 2.27. The van der Waals surface area contributed by atoms with Crippen molar-refractivity contribution in [2.24, 2.45) is 0 Å². The van der Waals surface area contributed by atoms with Crippen LogP contribution < -0.4 is 0 Å². The van der Waals surface area contributed by atoms with Crippen molar-refractivity contribution >= 4 is 23.5 Å². The number of hydrogen-bond acceptors (Lipinski definition) is 3. The molecule has 108 valence electrons. The number of carbonyl (C=O) groups excluding carboxylic acids is 1. The Labute approximate surface area is 124 Å². The molecule has 0 saturated heterocycles. The molecule has 0 aromatic heterocycles. The lowest BCUT2D eigenvalue weighted by Crippen LogP contribution is -2.02. The fourth-order valence-electron chi connectivity index (χ4n) is 1.84. The first-order valence-electron chi connectivity index (χ1n) is 5.85. The first kappa shape index (κ1) is 15.0. The lowest BCUT2D eigenvalue weighted by Gasteiger charge is -2.07. The van der Waals surface area contributed by atoms with E-state index in [1.807, 2.05) is 0 Å². The van der Waals surface area contributed by atoms with Crippen molar-refractivity contribution < 1.29 is 23.8 Å². The normalized spacial score (nSPS) is 10.2. The molecule has 0 aliphatic carbocycles. The Morgan fingerprint density at radius 2 is 1.67 bits per heavy atom. The Bertz CT molecular complexity index is 728. The molecule has 0 radical (unpaired) electrons. The lowest BCUT2D eigenvalue weighted by atomic mass is 10.0. The standard InChI is InChI=1S/C15H10ClFO4/c1-21-15(20)10-4-2-8(6-12(10)16)9-3-5-11(14(18)19)13(17)7-9/h2-7H,1H3,(H,18,19). The van der Waals surface area contributed by atoms with Crippen LogP contribution >= 0.6 is 11.6 Å². The number of rotatable bonds is 3. The van der Waals surface area contributed by atoms with Gasteiger partial charge in [0.1, 0.15) is 5.82 Å². The maximum Gasteiger partial charge on any atom is 0.339 e. The van der Waals surface area contributed by atoms with Crippen LogP contribution in [0.1, 0.15) is 20.7 Å². The molecule has 6 heteroatoms. The van der Waals surface area contributed by atoms with Crippen molar-refractivity contribution in [1.82, 2.24) is 0 Å². The number of aromatic carboxylic acids is 1. The van der Waals surface area contributed by atoms with Crippen molar-refractivity contribution in [1.29, 1.82) is 0 Å². The molecular formula is C15H10ClFO4. The summed E-state index contributed by atoms with van der Waals surface area (Å²) in [6.07, 6.45) is 0. The van der Waals surface area contributed by atoms with Crippen molar-refractivity contribution in [2.45, 2.75) is 0 Å². The summed E-state index contributed by atoms with van der Waals surface area (Å²) < 4.78 is 18.2. The molecular weight excluding hydrogens is 299 g/mol. The Hall–Kier alpha value is -2.40. The van der Waals surface area contributed by atoms with Crippen molar-refractivity contribution in [3.8, 4) is 11.1 Å². The number of ether oxygens (including phenoxy) is 1. The average molecular weight is 309 g/mol. The van der Waals surface area contributed by atoms with Gasteiger partial charge in [-0.25, -0.2) is 14.0 Å². The zero-order valence-electron chi connectivity index (χ0n) is 10.9. The molecule has 0 amide bonds. The van der Waals surface area contributed by atoms with Crippen LogP contribution in [0.5, 0.6) is 0 Å². The van der Waals surface area contributed by atoms with Crippen LogP contribution in [-0.4, -0.2) is 24.2 Å². The van der Waals surface area contributed by atoms with Gasteiger partial charge in [0.2, 0.25) is 0 Å². The smallest absolute Gasteiger partial charge is 0.339 e. The molecule has 21 heavy (non-hydrogen) atoms. The molecule has 0 unspecified atom stereocenters. The average Bonchev–Trinajstić information content (AvgIpc) is 2.45. The molecule has 1 N–H and O–H groups in total. The minimum atomic E-state index is -1.34. The van der Waals surface area contributed by atoms with Gasteiger partial charge in [0.25, 0.3) is 0 Å². The second-order valence-corrected chi connectivity index (χ2v) is 4.59. The quantitative estimate of drug-likeness (QED) is 0.879. The van der Waals surface area contributed by atoms with E-state index in [9.17, 15) is 14.0 Å². The molecule has 2 rings (SSSR count). The summed E-state index contributed by atoms with van der Waals surface area (Å²) in [5.74, 6) is -2.75. The minimum absolute atomic E-state index is 0.169. The maximum absolute atomic E-state index is 13.7. The number of carboxylic acid groups (broad SMARTS) is 1. The Morgan fingerprint density at radius 1 is 1.10 bits per heavy atom. The predicted molar refractivity (Wildman–Crippen MR) is 75.1 cm³/mol. The summed E-state index contributed by atoms with van der Waals surface area (Å²) in [6.45, 7) is 0. The van der Waals surface area contributed by atoms with E-state index in [4.69, 9.17) is 16.7 Å². The summed E-state index contributed by atoms with van der Waals surface area (Å²) in [6, 6.07) is 8.28. The number of carboxylic acids is 1. The van der Waals surface area contributed by atoms with E-state index >= 15 is 0 Å². The highest BCUT2D eigenvalue weighted by atomic mass is 35.5. The van der Waals surface area contributed by atoms with Gasteiger partial charge in [-0.3, -0.25) is 0 Å². The van der Waals surface area contributed by atoms with Crippen molar-refractivity contribution in [3.05, 3.63) is 58.4 Å². The van der Waals surface area contributed by atoms with Gasteiger partial charge >= 0.3 is 11.9 Å². The molecule has 0 aliphatic rings. The number of methoxy groups -OCH3 is 1. The summed E-state index contributed by atoms with van der Waals surface area (Å²) in [4.78, 5) is 22.2. The van der Waals surface area contributed by atoms with Crippen LogP contribution in [0.15, 0.2) is 36.4 Å². The van der Waals surface area contributed by atoms with Gasteiger partial charge < -0.3 is 9.84 Å². The largest absolute Gasteiger partial charge is 0.478 e. The minimum Gasteiger partial charge on any atom is -0.478 e.